The van der Waals surface area contributed by atoms with E-state index in [9.17, 15) is 14.7 Å². The first kappa shape index (κ1) is 24.0. The van der Waals surface area contributed by atoms with Crippen molar-refractivity contribution in [3.05, 3.63) is 107 Å². The molecule has 0 saturated heterocycles. The van der Waals surface area contributed by atoms with Gasteiger partial charge < -0.3 is 9.63 Å². The van der Waals surface area contributed by atoms with E-state index in [0.717, 1.165) is 22.0 Å². The minimum atomic E-state index is -0.100. The van der Waals surface area contributed by atoms with Crippen LogP contribution >= 0.6 is 0 Å². The Bertz CT molecular complexity index is 1590. The quantitative estimate of drug-likeness (QED) is 0.233. The van der Waals surface area contributed by atoms with E-state index in [4.69, 9.17) is 9.52 Å². The molecule has 4 aromatic rings. The number of carbonyl (C=O) groups is 2. The standard InChI is InChI=1S/C32H28N2O4/c35-27-15-7-14-25(33-24-13-6-11-21-10-4-5-12-23(21)24)31(27)28(36)17-16-26-32-29(37)18-22(19-30(32)38-34-26)20-8-2-1-3-9-20/h1-6,8-13,22,36H,7,14-19H2/b31-28+,33-25?. The maximum absolute atomic E-state index is 13.1. The summed E-state index contributed by atoms with van der Waals surface area (Å²) >= 11 is 0. The van der Waals surface area contributed by atoms with Gasteiger partial charge in [0.15, 0.2) is 11.6 Å². The number of allylic oxidation sites excluding steroid dienone is 2. The Morgan fingerprint density at radius 1 is 0.921 bits per heavy atom. The highest BCUT2D eigenvalue weighted by Crippen LogP contribution is 2.35. The van der Waals surface area contributed by atoms with Gasteiger partial charge in [-0.25, -0.2) is 0 Å². The number of fused-ring (bicyclic) bond motifs is 2. The Kier molecular flexibility index (Phi) is 6.46. The maximum atomic E-state index is 13.1. The van der Waals surface area contributed by atoms with Crippen LogP contribution in [0.4, 0.5) is 5.69 Å². The highest BCUT2D eigenvalue weighted by atomic mass is 16.5. The minimum absolute atomic E-state index is 0.00384. The molecule has 1 atom stereocenters. The van der Waals surface area contributed by atoms with Gasteiger partial charge in [0, 0.05) is 37.5 Å². The fourth-order valence-electron chi connectivity index (χ4n) is 5.65. The summed E-state index contributed by atoms with van der Waals surface area (Å²) in [4.78, 5) is 30.8. The number of hydrogen-bond acceptors (Lipinski definition) is 6. The van der Waals surface area contributed by atoms with E-state index in [1.165, 1.54) is 0 Å². The second kappa shape index (κ2) is 10.2. The number of aromatic nitrogens is 1. The molecule has 0 spiro atoms. The second-order valence-corrected chi connectivity index (χ2v) is 10.0. The van der Waals surface area contributed by atoms with Crippen LogP contribution in [-0.2, 0) is 17.6 Å². The molecule has 190 valence electrons. The molecule has 1 unspecified atom stereocenters. The number of Topliss-reactive ketones (excluding diaryl/α,β-unsaturated/α-hetero) is 2. The van der Waals surface area contributed by atoms with Crippen molar-refractivity contribution >= 4 is 33.7 Å². The molecule has 6 nitrogen and oxygen atoms in total. The van der Waals surface area contributed by atoms with Crippen molar-refractivity contribution < 1.29 is 19.2 Å². The van der Waals surface area contributed by atoms with Gasteiger partial charge in [0.2, 0.25) is 0 Å². The molecular weight excluding hydrogens is 476 g/mol. The van der Waals surface area contributed by atoms with Crippen LogP contribution in [0.1, 0.15) is 65.4 Å². The van der Waals surface area contributed by atoms with Crippen molar-refractivity contribution in [1.82, 2.24) is 5.16 Å². The van der Waals surface area contributed by atoms with E-state index < -0.39 is 0 Å². The first-order chi connectivity index (χ1) is 18.6. The van der Waals surface area contributed by atoms with Gasteiger partial charge in [-0.2, -0.15) is 0 Å². The molecule has 0 aliphatic heterocycles. The van der Waals surface area contributed by atoms with Gasteiger partial charge >= 0.3 is 0 Å². The summed E-state index contributed by atoms with van der Waals surface area (Å²) in [7, 11) is 0. The summed E-state index contributed by atoms with van der Waals surface area (Å²) in [6.07, 6.45) is 3.21. The topological polar surface area (TPSA) is 92.8 Å². The SMILES string of the molecule is O=C1CCCC(=Nc2cccc3ccccc23)/C1=C(\O)CCc1noc2c1C(=O)CC(c1ccccc1)C2. The van der Waals surface area contributed by atoms with Crippen molar-refractivity contribution in [3.63, 3.8) is 0 Å². The zero-order valence-electron chi connectivity index (χ0n) is 21.0. The summed E-state index contributed by atoms with van der Waals surface area (Å²) in [5.41, 5.74) is 3.88. The Morgan fingerprint density at radius 3 is 2.58 bits per heavy atom. The van der Waals surface area contributed by atoms with Crippen LogP contribution in [0.25, 0.3) is 10.8 Å². The minimum Gasteiger partial charge on any atom is -0.511 e. The normalized spacial score (nSPS) is 20.1. The highest BCUT2D eigenvalue weighted by molar-refractivity contribution is 6.25. The van der Waals surface area contributed by atoms with E-state index in [-0.39, 0.29) is 29.7 Å². The molecule has 2 aliphatic carbocycles. The maximum Gasteiger partial charge on any atom is 0.168 e. The van der Waals surface area contributed by atoms with E-state index in [2.05, 4.69) is 5.16 Å². The Labute approximate surface area is 220 Å². The van der Waals surface area contributed by atoms with Gasteiger partial charge in [0.25, 0.3) is 0 Å². The summed E-state index contributed by atoms with van der Waals surface area (Å²) in [5.74, 6) is 0.576. The number of aryl methyl sites for hydroxylation is 1. The predicted molar refractivity (Wildman–Crippen MR) is 146 cm³/mol. The Balaban J connectivity index is 1.26. The summed E-state index contributed by atoms with van der Waals surface area (Å²) in [6, 6.07) is 23.9. The lowest BCUT2D eigenvalue weighted by atomic mass is 9.81. The Morgan fingerprint density at radius 2 is 1.71 bits per heavy atom. The van der Waals surface area contributed by atoms with E-state index in [0.29, 0.717) is 66.8 Å². The summed E-state index contributed by atoms with van der Waals surface area (Å²) in [5, 5.41) is 17.4. The third-order valence-electron chi connectivity index (χ3n) is 7.54. The third kappa shape index (κ3) is 4.58. The summed E-state index contributed by atoms with van der Waals surface area (Å²) < 4.78 is 5.59. The molecule has 2 aliphatic rings. The number of benzene rings is 3. The fourth-order valence-corrected chi connectivity index (χ4v) is 5.65. The van der Waals surface area contributed by atoms with Crippen molar-refractivity contribution in [3.8, 4) is 0 Å². The molecule has 6 heteroatoms. The molecule has 1 fully saturated rings. The number of aliphatic hydroxyl groups excluding tert-OH is 1. The third-order valence-corrected chi connectivity index (χ3v) is 7.54. The van der Waals surface area contributed by atoms with E-state index >= 15 is 0 Å². The molecule has 0 radical (unpaired) electrons. The lowest BCUT2D eigenvalue weighted by Crippen LogP contribution is -2.21. The molecule has 6 rings (SSSR count). The largest absolute Gasteiger partial charge is 0.511 e. The lowest BCUT2D eigenvalue weighted by molar-refractivity contribution is -0.115. The predicted octanol–water partition coefficient (Wildman–Crippen LogP) is 7.01. The van der Waals surface area contributed by atoms with E-state index in [1.807, 2.05) is 72.8 Å². The molecule has 0 amide bonds. The molecule has 1 N–H and O–H groups in total. The fraction of sp³-hybridized carbons (Fsp3) is 0.250. The monoisotopic (exact) mass is 504 g/mol. The zero-order valence-corrected chi connectivity index (χ0v) is 21.0. The van der Waals surface area contributed by atoms with Crippen LogP contribution < -0.4 is 0 Å². The van der Waals surface area contributed by atoms with Gasteiger partial charge in [0.1, 0.15) is 11.5 Å². The van der Waals surface area contributed by atoms with Crippen LogP contribution in [0.15, 0.2) is 93.6 Å². The molecule has 1 heterocycles. The average Bonchev–Trinajstić information content (AvgIpc) is 3.36. The van der Waals surface area contributed by atoms with Crippen molar-refractivity contribution in [2.24, 2.45) is 4.99 Å². The van der Waals surface area contributed by atoms with Gasteiger partial charge in [0.05, 0.1) is 28.2 Å². The van der Waals surface area contributed by atoms with Crippen LogP contribution in [0, 0.1) is 0 Å². The average molecular weight is 505 g/mol. The first-order valence-corrected chi connectivity index (χ1v) is 13.1. The van der Waals surface area contributed by atoms with Gasteiger partial charge in [-0.15, -0.1) is 0 Å². The van der Waals surface area contributed by atoms with Gasteiger partial charge in [-0.05, 0) is 35.8 Å². The van der Waals surface area contributed by atoms with Crippen LogP contribution in [-0.4, -0.2) is 27.5 Å². The number of nitrogens with zero attached hydrogens (tertiary/aromatic N) is 2. The van der Waals surface area contributed by atoms with Crippen LogP contribution in [0.5, 0.6) is 0 Å². The number of aliphatic hydroxyl groups is 1. The number of aliphatic imine (C=N–C) groups is 1. The van der Waals surface area contributed by atoms with Crippen molar-refractivity contribution in [1.29, 1.82) is 0 Å². The van der Waals surface area contributed by atoms with Gasteiger partial charge in [-0.3, -0.25) is 14.6 Å². The molecule has 38 heavy (non-hydrogen) atoms. The smallest absolute Gasteiger partial charge is 0.168 e. The molecule has 1 saturated carbocycles. The van der Waals surface area contributed by atoms with Crippen LogP contribution in [0.2, 0.25) is 0 Å². The van der Waals surface area contributed by atoms with Crippen molar-refractivity contribution in [2.75, 3.05) is 0 Å². The van der Waals surface area contributed by atoms with Crippen LogP contribution in [0.3, 0.4) is 0 Å². The second-order valence-electron chi connectivity index (χ2n) is 10.0. The number of ketones is 2. The van der Waals surface area contributed by atoms with Gasteiger partial charge in [-0.1, -0.05) is 71.9 Å². The number of hydrogen-bond donors (Lipinski definition) is 1. The molecule has 3 aromatic carbocycles. The number of carbonyl (C=O) groups excluding carboxylic acids is 2. The molecular formula is C32H28N2O4. The zero-order chi connectivity index (χ0) is 26.1. The highest BCUT2D eigenvalue weighted by Gasteiger charge is 2.33. The molecule has 1 aromatic heterocycles. The molecule has 0 bridgehead atoms. The summed E-state index contributed by atoms with van der Waals surface area (Å²) in [6.45, 7) is 0. The van der Waals surface area contributed by atoms with Crippen molar-refractivity contribution in [2.45, 2.75) is 50.9 Å². The Hall–Kier alpha value is -4.32. The van der Waals surface area contributed by atoms with E-state index in [1.54, 1.807) is 0 Å². The lowest BCUT2D eigenvalue weighted by Gasteiger charge is -2.20. The number of rotatable bonds is 5. The first-order valence-electron chi connectivity index (χ1n) is 13.1.